The predicted molar refractivity (Wildman–Crippen MR) is 106 cm³/mol. The number of esters is 1. The van der Waals surface area contributed by atoms with E-state index in [2.05, 4.69) is 15.3 Å². The van der Waals surface area contributed by atoms with Crippen LogP contribution in [0.3, 0.4) is 0 Å². The highest BCUT2D eigenvalue weighted by atomic mass is 32.2. The molecule has 0 radical (unpaired) electrons. The van der Waals surface area contributed by atoms with Crippen molar-refractivity contribution in [2.45, 2.75) is 19.0 Å². The number of fused-ring (bicyclic) bond motifs is 1. The standard InChI is InChI=1S/C20H19N3O3S/c1-3-26-19(25)14-8-10-15(11-9-14)22-18(24)12-27-20-21-13(2)16-6-4-5-7-17(16)23-20/h4-11H,3,12H2,1-2H3,(H,22,24). The maximum Gasteiger partial charge on any atom is 0.338 e. The first-order valence-corrected chi connectivity index (χ1v) is 9.48. The van der Waals surface area contributed by atoms with E-state index in [0.717, 1.165) is 16.6 Å². The SMILES string of the molecule is CCOC(=O)c1ccc(NC(=O)CSc2nc(C)c3ccccc3n2)cc1. The number of benzene rings is 2. The lowest BCUT2D eigenvalue weighted by molar-refractivity contribution is -0.113. The van der Waals surface area contributed by atoms with Gasteiger partial charge in [0.1, 0.15) is 0 Å². The Balaban J connectivity index is 1.59. The number of ether oxygens (including phenoxy) is 1. The number of amides is 1. The van der Waals surface area contributed by atoms with E-state index in [1.54, 1.807) is 31.2 Å². The monoisotopic (exact) mass is 381 g/mol. The molecular formula is C20H19N3O3S. The van der Waals surface area contributed by atoms with Crippen LogP contribution in [-0.4, -0.2) is 34.2 Å². The minimum absolute atomic E-state index is 0.168. The van der Waals surface area contributed by atoms with Gasteiger partial charge in [-0.25, -0.2) is 14.8 Å². The molecule has 0 saturated carbocycles. The molecule has 0 unspecified atom stereocenters. The second kappa shape index (κ2) is 8.64. The van der Waals surface area contributed by atoms with Gasteiger partial charge in [0, 0.05) is 16.8 Å². The molecule has 1 aromatic heterocycles. The third-order valence-corrected chi connectivity index (χ3v) is 4.63. The zero-order valence-corrected chi connectivity index (χ0v) is 15.9. The first-order chi connectivity index (χ1) is 13.1. The van der Waals surface area contributed by atoms with Crippen LogP contribution in [0, 0.1) is 6.92 Å². The number of thioether (sulfide) groups is 1. The van der Waals surface area contributed by atoms with Gasteiger partial charge in [-0.3, -0.25) is 4.79 Å². The molecule has 7 heteroatoms. The van der Waals surface area contributed by atoms with E-state index in [4.69, 9.17) is 4.74 Å². The van der Waals surface area contributed by atoms with Gasteiger partial charge in [0.2, 0.25) is 5.91 Å². The highest BCUT2D eigenvalue weighted by Crippen LogP contribution is 2.20. The van der Waals surface area contributed by atoms with Gasteiger partial charge < -0.3 is 10.1 Å². The Morgan fingerprint density at radius 3 is 2.56 bits per heavy atom. The molecule has 6 nitrogen and oxygen atoms in total. The number of carbonyl (C=O) groups excluding carboxylic acids is 2. The summed E-state index contributed by atoms with van der Waals surface area (Å²) in [5.74, 6) is -0.356. The Hall–Kier alpha value is -2.93. The molecule has 1 amide bonds. The number of anilines is 1. The first-order valence-electron chi connectivity index (χ1n) is 8.50. The van der Waals surface area contributed by atoms with Gasteiger partial charge in [0.25, 0.3) is 0 Å². The molecule has 0 spiro atoms. The molecule has 3 aromatic rings. The minimum atomic E-state index is -0.380. The molecule has 0 fully saturated rings. The average Bonchev–Trinajstić information content (AvgIpc) is 2.67. The van der Waals surface area contributed by atoms with Crippen LogP contribution < -0.4 is 5.32 Å². The maximum atomic E-state index is 12.2. The minimum Gasteiger partial charge on any atom is -0.462 e. The van der Waals surface area contributed by atoms with Gasteiger partial charge in [-0.15, -0.1) is 0 Å². The van der Waals surface area contributed by atoms with E-state index < -0.39 is 0 Å². The van der Waals surface area contributed by atoms with Gasteiger partial charge in [-0.05, 0) is 44.2 Å². The number of aromatic nitrogens is 2. The maximum absolute atomic E-state index is 12.2. The van der Waals surface area contributed by atoms with Crippen molar-refractivity contribution in [1.29, 1.82) is 0 Å². The molecule has 0 aliphatic rings. The summed E-state index contributed by atoms with van der Waals surface area (Å²) in [7, 11) is 0. The quantitative estimate of drug-likeness (QED) is 0.397. The Morgan fingerprint density at radius 1 is 1.07 bits per heavy atom. The number of rotatable bonds is 6. The van der Waals surface area contributed by atoms with Gasteiger partial charge in [-0.1, -0.05) is 30.0 Å². The summed E-state index contributed by atoms with van der Waals surface area (Å²) < 4.78 is 4.93. The summed E-state index contributed by atoms with van der Waals surface area (Å²) in [6.45, 7) is 4.01. The van der Waals surface area contributed by atoms with E-state index in [0.29, 0.717) is 23.0 Å². The smallest absolute Gasteiger partial charge is 0.338 e. The number of hydrogen-bond donors (Lipinski definition) is 1. The fourth-order valence-electron chi connectivity index (χ4n) is 2.50. The Bertz CT molecular complexity index is 974. The van der Waals surface area contributed by atoms with E-state index in [1.165, 1.54) is 11.8 Å². The van der Waals surface area contributed by atoms with Crippen molar-refractivity contribution in [3.05, 3.63) is 59.8 Å². The van der Waals surface area contributed by atoms with Gasteiger partial charge >= 0.3 is 5.97 Å². The van der Waals surface area contributed by atoms with E-state index in [9.17, 15) is 9.59 Å². The topological polar surface area (TPSA) is 81.2 Å². The molecule has 0 saturated heterocycles. The van der Waals surface area contributed by atoms with Crippen LogP contribution >= 0.6 is 11.8 Å². The van der Waals surface area contributed by atoms with Crippen molar-refractivity contribution in [2.75, 3.05) is 17.7 Å². The third-order valence-electron chi connectivity index (χ3n) is 3.79. The summed E-state index contributed by atoms with van der Waals surface area (Å²) in [6, 6.07) is 14.4. The zero-order valence-electron chi connectivity index (χ0n) is 15.1. The Morgan fingerprint density at radius 2 is 1.81 bits per heavy atom. The van der Waals surface area contributed by atoms with Crippen LogP contribution in [0.15, 0.2) is 53.7 Å². The highest BCUT2D eigenvalue weighted by molar-refractivity contribution is 7.99. The van der Waals surface area contributed by atoms with Crippen molar-refractivity contribution >= 4 is 40.2 Å². The molecule has 27 heavy (non-hydrogen) atoms. The number of para-hydroxylation sites is 1. The lowest BCUT2D eigenvalue weighted by Gasteiger charge is -2.07. The Labute approximate surface area is 161 Å². The van der Waals surface area contributed by atoms with Crippen molar-refractivity contribution in [3.63, 3.8) is 0 Å². The fraction of sp³-hybridized carbons (Fsp3) is 0.200. The molecule has 138 valence electrons. The van der Waals surface area contributed by atoms with Crippen LogP contribution in [0.25, 0.3) is 10.9 Å². The number of hydrogen-bond acceptors (Lipinski definition) is 6. The molecule has 0 aliphatic carbocycles. The lowest BCUT2D eigenvalue weighted by Crippen LogP contribution is -2.14. The largest absolute Gasteiger partial charge is 0.462 e. The molecule has 1 N–H and O–H groups in total. The van der Waals surface area contributed by atoms with Crippen LogP contribution in [0.4, 0.5) is 5.69 Å². The predicted octanol–water partition coefficient (Wildman–Crippen LogP) is 3.85. The van der Waals surface area contributed by atoms with Crippen LogP contribution in [0.1, 0.15) is 23.0 Å². The number of carbonyl (C=O) groups is 2. The van der Waals surface area contributed by atoms with Crippen molar-refractivity contribution < 1.29 is 14.3 Å². The van der Waals surface area contributed by atoms with Crippen molar-refractivity contribution in [3.8, 4) is 0 Å². The average molecular weight is 381 g/mol. The number of nitrogens with one attached hydrogen (secondary N) is 1. The zero-order chi connectivity index (χ0) is 19.2. The Kier molecular flexibility index (Phi) is 6.03. The molecular weight excluding hydrogens is 362 g/mol. The summed E-state index contributed by atoms with van der Waals surface area (Å²) in [4.78, 5) is 32.7. The first kappa shape index (κ1) is 18.8. The normalized spacial score (nSPS) is 10.6. The fourth-order valence-corrected chi connectivity index (χ4v) is 3.20. The number of aryl methyl sites for hydroxylation is 1. The van der Waals surface area contributed by atoms with Crippen LogP contribution in [-0.2, 0) is 9.53 Å². The molecule has 2 aromatic carbocycles. The summed E-state index contributed by atoms with van der Waals surface area (Å²) >= 11 is 1.28. The van der Waals surface area contributed by atoms with Crippen molar-refractivity contribution in [1.82, 2.24) is 9.97 Å². The number of nitrogens with zero attached hydrogens (tertiary/aromatic N) is 2. The van der Waals surface area contributed by atoms with E-state index in [-0.39, 0.29) is 17.6 Å². The molecule has 0 atom stereocenters. The molecule has 3 rings (SSSR count). The molecule has 0 bridgehead atoms. The van der Waals surface area contributed by atoms with Crippen molar-refractivity contribution in [2.24, 2.45) is 0 Å². The van der Waals surface area contributed by atoms with E-state index >= 15 is 0 Å². The lowest BCUT2D eigenvalue weighted by atomic mass is 10.2. The van der Waals surface area contributed by atoms with Gasteiger partial charge in [0.15, 0.2) is 5.16 Å². The van der Waals surface area contributed by atoms with Crippen LogP contribution in [0.5, 0.6) is 0 Å². The summed E-state index contributed by atoms with van der Waals surface area (Å²) in [5.41, 5.74) is 2.81. The summed E-state index contributed by atoms with van der Waals surface area (Å²) in [5, 5.41) is 4.37. The summed E-state index contributed by atoms with van der Waals surface area (Å²) in [6.07, 6.45) is 0. The van der Waals surface area contributed by atoms with Gasteiger partial charge in [-0.2, -0.15) is 0 Å². The van der Waals surface area contributed by atoms with E-state index in [1.807, 2.05) is 31.2 Å². The van der Waals surface area contributed by atoms with Crippen LogP contribution in [0.2, 0.25) is 0 Å². The highest BCUT2D eigenvalue weighted by Gasteiger charge is 2.10. The third kappa shape index (κ3) is 4.83. The second-order valence-corrected chi connectivity index (χ2v) is 6.69. The second-order valence-electron chi connectivity index (χ2n) is 5.74. The van der Waals surface area contributed by atoms with Gasteiger partial charge in [0.05, 0.1) is 23.4 Å². The molecule has 0 aliphatic heterocycles. The molecule has 1 heterocycles.